The van der Waals surface area contributed by atoms with Crippen LogP contribution in [0.5, 0.6) is 0 Å². The molecular weight excluding hydrogens is 410 g/mol. The van der Waals surface area contributed by atoms with Gasteiger partial charge in [-0.05, 0) is 49.6 Å². The number of imide groups is 1. The standard InChI is InChI=1S/C24H25N3O5/c1-2-32-24(31)26-12-10-18(11-13-26)25-21(28)17-7-5-6-16(14-17)15-27-22(29)19-8-3-4-9-20(19)23(27)30/h3-9,14,18H,2,10-13,15H2,1H3,(H,25,28). The number of amides is 4. The van der Waals surface area contributed by atoms with E-state index in [4.69, 9.17) is 4.74 Å². The van der Waals surface area contributed by atoms with E-state index in [2.05, 4.69) is 5.32 Å². The monoisotopic (exact) mass is 435 g/mol. The van der Waals surface area contributed by atoms with Crippen molar-refractivity contribution in [2.75, 3.05) is 19.7 Å². The molecule has 4 amide bonds. The highest BCUT2D eigenvalue weighted by atomic mass is 16.6. The second kappa shape index (κ2) is 9.21. The molecular formula is C24H25N3O5. The Labute approximate surface area is 186 Å². The van der Waals surface area contributed by atoms with Crippen molar-refractivity contribution in [3.8, 4) is 0 Å². The van der Waals surface area contributed by atoms with E-state index in [-0.39, 0.29) is 36.4 Å². The van der Waals surface area contributed by atoms with E-state index in [9.17, 15) is 19.2 Å². The molecule has 4 rings (SSSR count). The van der Waals surface area contributed by atoms with Crippen molar-refractivity contribution in [1.29, 1.82) is 0 Å². The number of piperidine rings is 1. The maximum absolute atomic E-state index is 12.8. The molecule has 0 radical (unpaired) electrons. The summed E-state index contributed by atoms with van der Waals surface area (Å²) in [6, 6.07) is 13.7. The Kier molecular flexibility index (Phi) is 6.20. The molecule has 0 saturated carbocycles. The van der Waals surface area contributed by atoms with Crippen LogP contribution in [-0.4, -0.2) is 59.4 Å². The van der Waals surface area contributed by atoms with Gasteiger partial charge in [0.25, 0.3) is 17.7 Å². The quantitative estimate of drug-likeness (QED) is 0.729. The Bertz CT molecular complexity index is 1020. The summed E-state index contributed by atoms with van der Waals surface area (Å²) in [5.41, 5.74) is 1.97. The van der Waals surface area contributed by atoms with Gasteiger partial charge in [0.1, 0.15) is 0 Å². The molecule has 1 fully saturated rings. The fourth-order valence-electron chi connectivity index (χ4n) is 4.07. The Balaban J connectivity index is 1.36. The molecule has 2 aromatic rings. The first kappa shape index (κ1) is 21.5. The van der Waals surface area contributed by atoms with Crippen LogP contribution >= 0.6 is 0 Å². The molecule has 0 atom stereocenters. The third kappa shape index (κ3) is 4.34. The van der Waals surface area contributed by atoms with Crippen LogP contribution in [0.2, 0.25) is 0 Å². The van der Waals surface area contributed by atoms with Crippen LogP contribution in [0, 0.1) is 0 Å². The van der Waals surface area contributed by atoms with Crippen molar-refractivity contribution in [2.24, 2.45) is 0 Å². The second-order valence-corrected chi connectivity index (χ2v) is 7.88. The topological polar surface area (TPSA) is 96.0 Å². The average molecular weight is 435 g/mol. The van der Waals surface area contributed by atoms with E-state index in [1.807, 2.05) is 0 Å². The van der Waals surface area contributed by atoms with Gasteiger partial charge >= 0.3 is 6.09 Å². The van der Waals surface area contributed by atoms with Crippen molar-refractivity contribution < 1.29 is 23.9 Å². The third-order valence-corrected chi connectivity index (χ3v) is 5.76. The van der Waals surface area contributed by atoms with Crippen LogP contribution in [0.3, 0.4) is 0 Å². The van der Waals surface area contributed by atoms with Crippen LogP contribution in [0.4, 0.5) is 4.79 Å². The van der Waals surface area contributed by atoms with E-state index in [0.717, 1.165) is 0 Å². The fraction of sp³-hybridized carbons (Fsp3) is 0.333. The summed E-state index contributed by atoms with van der Waals surface area (Å²) >= 11 is 0. The summed E-state index contributed by atoms with van der Waals surface area (Å²) in [6.45, 7) is 3.28. The Hall–Kier alpha value is -3.68. The summed E-state index contributed by atoms with van der Waals surface area (Å²) in [6.07, 6.45) is 0.983. The highest BCUT2D eigenvalue weighted by Crippen LogP contribution is 2.24. The smallest absolute Gasteiger partial charge is 0.409 e. The molecule has 0 aliphatic carbocycles. The molecule has 0 spiro atoms. The predicted octanol–water partition coefficient (Wildman–Crippen LogP) is 2.83. The summed E-state index contributed by atoms with van der Waals surface area (Å²) in [5, 5.41) is 3.01. The average Bonchev–Trinajstić information content (AvgIpc) is 3.05. The van der Waals surface area contributed by atoms with Gasteiger partial charge in [0, 0.05) is 24.7 Å². The lowest BCUT2D eigenvalue weighted by Crippen LogP contribution is -2.46. The summed E-state index contributed by atoms with van der Waals surface area (Å²) in [4.78, 5) is 52.6. The number of benzene rings is 2. The summed E-state index contributed by atoms with van der Waals surface area (Å²) in [5.74, 6) is -0.869. The van der Waals surface area contributed by atoms with Gasteiger partial charge in [-0.1, -0.05) is 24.3 Å². The molecule has 0 unspecified atom stereocenters. The summed E-state index contributed by atoms with van der Waals surface area (Å²) < 4.78 is 5.02. The Morgan fingerprint density at radius 2 is 1.66 bits per heavy atom. The van der Waals surface area contributed by atoms with E-state index in [1.54, 1.807) is 60.4 Å². The lowest BCUT2D eigenvalue weighted by molar-refractivity contribution is 0.0641. The minimum Gasteiger partial charge on any atom is -0.450 e. The number of nitrogens with one attached hydrogen (secondary N) is 1. The second-order valence-electron chi connectivity index (χ2n) is 7.88. The minimum absolute atomic E-state index is 0.0342. The van der Waals surface area contributed by atoms with Gasteiger partial charge in [0.05, 0.1) is 24.3 Å². The molecule has 2 aliphatic heterocycles. The molecule has 0 bridgehead atoms. The largest absolute Gasteiger partial charge is 0.450 e. The van der Waals surface area contributed by atoms with E-state index >= 15 is 0 Å². The molecule has 2 aromatic carbocycles. The number of hydrogen-bond donors (Lipinski definition) is 1. The fourth-order valence-corrected chi connectivity index (χ4v) is 4.07. The van der Waals surface area contributed by atoms with Crippen molar-refractivity contribution in [3.63, 3.8) is 0 Å². The predicted molar refractivity (Wildman–Crippen MR) is 116 cm³/mol. The van der Waals surface area contributed by atoms with Crippen molar-refractivity contribution in [3.05, 3.63) is 70.8 Å². The highest BCUT2D eigenvalue weighted by molar-refractivity contribution is 6.21. The minimum atomic E-state index is -0.325. The van der Waals surface area contributed by atoms with Crippen LogP contribution in [0.1, 0.15) is 56.4 Å². The molecule has 1 saturated heterocycles. The van der Waals surface area contributed by atoms with E-state index < -0.39 is 0 Å². The van der Waals surface area contributed by atoms with Gasteiger partial charge in [-0.2, -0.15) is 0 Å². The SMILES string of the molecule is CCOC(=O)N1CCC(NC(=O)c2cccc(CN3C(=O)c4ccccc4C3=O)c2)CC1. The lowest BCUT2D eigenvalue weighted by atomic mass is 10.0. The Morgan fingerprint density at radius 3 is 2.28 bits per heavy atom. The molecule has 8 nitrogen and oxygen atoms in total. The van der Waals surface area contributed by atoms with Gasteiger partial charge in [-0.3, -0.25) is 19.3 Å². The van der Waals surface area contributed by atoms with E-state index in [0.29, 0.717) is 54.8 Å². The molecule has 8 heteroatoms. The first-order valence-corrected chi connectivity index (χ1v) is 10.7. The zero-order valence-corrected chi connectivity index (χ0v) is 17.9. The zero-order chi connectivity index (χ0) is 22.7. The molecule has 2 aliphatic rings. The Morgan fingerprint density at radius 1 is 1.00 bits per heavy atom. The van der Waals surface area contributed by atoms with Gasteiger partial charge in [0.2, 0.25) is 0 Å². The number of carbonyl (C=O) groups excluding carboxylic acids is 4. The number of likely N-dealkylation sites (tertiary alicyclic amines) is 1. The van der Waals surface area contributed by atoms with Crippen LogP contribution in [0.15, 0.2) is 48.5 Å². The number of fused-ring (bicyclic) bond motifs is 1. The number of nitrogens with zero attached hydrogens (tertiary/aromatic N) is 2. The van der Waals surface area contributed by atoms with Crippen molar-refractivity contribution >= 4 is 23.8 Å². The van der Waals surface area contributed by atoms with Crippen LogP contribution in [0.25, 0.3) is 0 Å². The van der Waals surface area contributed by atoms with Gasteiger partial charge in [-0.15, -0.1) is 0 Å². The van der Waals surface area contributed by atoms with Crippen LogP contribution in [-0.2, 0) is 11.3 Å². The zero-order valence-electron chi connectivity index (χ0n) is 17.9. The maximum Gasteiger partial charge on any atom is 0.409 e. The van der Waals surface area contributed by atoms with Gasteiger partial charge < -0.3 is 15.0 Å². The molecule has 0 aromatic heterocycles. The molecule has 2 heterocycles. The van der Waals surface area contributed by atoms with Gasteiger partial charge in [0.15, 0.2) is 0 Å². The van der Waals surface area contributed by atoms with E-state index in [1.165, 1.54) is 4.90 Å². The number of rotatable bonds is 5. The number of hydrogen-bond acceptors (Lipinski definition) is 5. The molecule has 1 N–H and O–H groups in total. The summed E-state index contributed by atoms with van der Waals surface area (Å²) in [7, 11) is 0. The number of ether oxygens (including phenoxy) is 1. The number of carbonyl (C=O) groups is 4. The third-order valence-electron chi connectivity index (χ3n) is 5.76. The highest BCUT2D eigenvalue weighted by Gasteiger charge is 2.35. The molecule has 166 valence electrons. The van der Waals surface area contributed by atoms with Crippen molar-refractivity contribution in [1.82, 2.24) is 15.1 Å². The van der Waals surface area contributed by atoms with Gasteiger partial charge in [-0.25, -0.2) is 4.79 Å². The molecule has 32 heavy (non-hydrogen) atoms. The van der Waals surface area contributed by atoms with Crippen LogP contribution < -0.4 is 5.32 Å². The lowest BCUT2D eigenvalue weighted by Gasteiger charge is -2.31. The normalized spacial score (nSPS) is 16.2. The van der Waals surface area contributed by atoms with Crippen molar-refractivity contribution in [2.45, 2.75) is 32.4 Å². The first-order chi connectivity index (χ1) is 15.5. The first-order valence-electron chi connectivity index (χ1n) is 10.7. The maximum atomic E-state index is 12.8.